The Hall–Kier alpha value is -3.93. The largest absolute Gasteiger partial charge is 0.497 e. The molecule has 242 valence electrons. The van der Waals surface area contributed by atoms with Crippen LogP contribution >= 0.6 is 0 Å². The van der Waals surface area contributed by atoms with Gasteiger partial charge in [-0.1, -0.05) is 18.2 Å². The molecule has 0 radical (unpaired) electrons. The van der Waals surface area contributed by atoms with E-state index in [0.29, 0.717) is 47.4 Å². The van der Waals surface area contributed by atoms with Crippen LogP contribution in [-0.2, 0) is 22.3 Å². The highest BCUT2D eigenvalue weighted by Crippen LogP contribution is 2.45. The van der Waals surface area contributed by atoms with E-state index in [1.807, 2.05) is 25.7 Å². The average molecular weight is 631 g/mol. The number of benzene rings is 2. The number of carbonyl (C=O) groups excluding carboxylic acids is 1. The zero-order chi connectivity index (χ0) is 32.7. The summed E-state index contributed by atoms with van der Waals surface area (Å²) in [4.78, 5) is 28.7. The smallest absolute Gasteiger partial charge is 0.416 e. The molecule has 1 aromatic heterocycles. The summed E-state index contributed by atoms with van der Waals surface area (Å²) in [6.45, 7) is 6.38. The van der Waals surface area contributed by atoms with Crippen molar-refractivity contribution in [2.24, 2.45) is 0 Å². The molecule has 5 rings (SSSR count). The molecule has 2 aliphatic heterocycles. The summed E-state index contributed by atoms with van der Waals surface area (Å²) in [7, 11) is 1.55. The van der Waals surface area contributed by atoms with Crippen LogP contribution in [0.5, 0.6) is 5.75 Å². The number of hydrogen-bond acceptors (Lipinski definition) is 5. The van der Waals surface area contributed by atoms with E-state index >= 15 is 4.39 Å². The van der Waals surface area contributed by atoms with Crippen molar-refractivity contribution in [3.63, 3.8) is 0 Å². The van der Waals surface area contributed by atoms with Gasteiger partial charge in [-0.2, -0.15) is 18.3 Å². The number of ether oxygens (including phenoxy) is 1. The van der Waals surface area contributed by atoms with Gasteiger partial charge in [0.1, 0.15) is 12.3 Å². The fraction of sp³-hybridized carbons (Fsp3) is 0.485. The number of aromatic nitrogens is 2. The van der Waals surface area contributed by atoms with Gasteiger partial charge in [-0.15, -0.1) is 0 Å². The fourth-order valence-electron chi connectivity index (χ4n) is 6.47. The van der Waals surface area contributed by atoms with Gasteiger partial charge in [0.2, 0.25) is 5.67 Å². The molecule has 1 N–H and O–H groups in total. The van der Waals surface area contributed by atoms with Crippen LogP contribution in [0.2, 0.25) is 0 Å². The number of carboxylic acids is 1. The number of nitrogens with zero attached hydrogens (tertiary/aromatic N) is 4. The zero-order valence-corrected chi connectivity index (χ0v) is 25.8. The predicted octanol–water partition coefficient (Wildman–Crippen LogP) is 5.97. The van der Waals surface area contributed by atoms with Crippen molar-refractivity contribution in [1.82, 2.24) is 19.6 Å². The van der Waals surface area contributed by atoms with E-state index in [4.69, 9.17) is 9.84 Å². The van der Waals surface area contributed by atoms with Gasteiger partial charge in [-0.05, 0) is 80.5 Å². The minimum Gasteiger partial charge on any atom is -0.497 e. The zero-order valence-electron chi connectivity index (χ0n) is 25.8. The Morgan fingerprint density at radius 2 is 1.73 bits per heavy atom. The summed E-state index contributed by atoms with van der Waals surface area (Å²) in [5.41, 5.74) is -1.30. The lowest BCUT2D eigenvalue weighted by molar-refractivity contribution is -0.145. The minimum absolute atomic E-state index is 0.0463. The maximum Gasteiger partial charge on any atom is 0.416 e. The molecule has 0 saturated carbocycles. The Balaban J connectivity index is 1.39. The number of aliphatic carboxylic acids is 1. The Morgan fingerprint density at radius 1 is 1.07 bits per heavy atom. The Bertz CT molecular complexity index is 1540. The third kappa shape index (κ3) is 6.70. The first-order valence-corrected chi connectivity index (χ1v) is 14.9. The van der Waals surface area contributed by atoms with Gasteiger partial charge in [-0.3, -0.25) is 19.2 Å². The highest BCUT2D eigenvalue weighted by atomic mass is 19.4. The highest BCUT2D eigenvalue weighted by molar-refractivity contribution is 5.87. The van der Waals surface area contributed by atoms with Gasteiger partial charge in [0.05, 0.1) is 18.9 Å². The maximum atomic E-state index is 17.1. The molecule has 0 spiro atoms. The lowest BCUT2D eigenvalue weighted by Crippen LogP contribution is -2.53. The number of hydrogen-bond donors (Lipinski definition) is 1. The van der Waals surface area contributed by atoms with Crippen LogP contribution in [0.25, 0.3) is 11.1 Å². The van der Waals surface area contributed by atoms with Crippen molar-refractivity contribution >= 4 is 11.9 Å². The van der Waals surface area contributed by atoms with Gasteiger partial charge in [0.25, 0.3) is 5.91 Å². The number of amides is 1. The fourth-order valence-corrected chi connectivity index (χ4v) is 6.47. The lowest BCUT2D eigenvalue weighted by atomic mass is 9.82. The van der Waals surface area contributed by atoms with Crippen molar-refractivity contribution in [3.8, 4) is 16.9 Å². The van der Waals surface area contributed by atoms with Crippen molar-refractivity contribution in [2.45, 2.75) is 69.4 Å². The van der Waals surface area contributed by atoms with E-state index < -0.39 is 41.7 Å². The average Bonchev–Trinajstić information content (AvgIpc) is 3.61. The van der Waals surface area contributed by atoms with Crippen LogP contribution in [0.15, 0.2) is 54.9 Å². The monoisotopic (exact) mass is 630 g/mol. The van der Waals surface area contributed by atoms with Gasteiger partial charge in [-0.25, -0.2) is 4.39 Å². The van der Waals surface area contributed by atoms with Crippen LogP contribution in [0.1, 0.15) is 62.1 Å². The summed E-state index contributed by atoms with van der Waals surface area (Å²) in [6.07, 6.45) is -0.940. The molecule has 45 heavy (non-hydrogen) atoms. The Morgan fingerprint density at radius 3 is 2.31 bits per heavy atom. The molecule has 3 heterocycles. The molecule has 1 amide bonds. The van der Waals surface area contributed by atoms with E-state index in [2.05, 4.69) is 5.10 Å². The predicted molar refractivity (Wildman–Crippen MR) is 160 cm³/mol. The maximum absolute atomic E-state index is 17.1. The first kappa shape index (κ1) is 32.5. The second-order valence-corrected chi connectivity index (χ2v) is 12.9. The number of carboxylic acid groups (broad SMARTS) is 1. The lowest BCUT2D eigenvalue weighted by Gasteiger charge is -2.38. The summed E-state index contributed by atoms with van der Waals surface area (Å²) >= 11 is 0. The number of carbonyl (C=O) groups is 2. The molecular formula is C33H38F4N4O4. The van der Waals surface area contributed by atoms with Crippen LogP contribution in [-0.4, -0.2) is 81.1 Å². The van der Waals surface area contributed by atoms with Gasteiger partial charge >= 0.3 is 12.1 Å². The van der Waals surface area contributed by atoms with E-state index in [0.717, 1.165) is 16.8 Å². The third-order valence-electron chi connectivity index (χ3n) is 9.04. The Kier molecular flexibility index (Phi) is 8.74. The van der Waals surface area contributed by atoms with Crippen LogP contribution in [0.4, 0.5) is 17.6 Å². The van der Waals surface area contributed by atoms with E-state index in [1.54, 1.807) is 36.3 Å². The SMILES string of the molecule is COc1ccc([C@@H]2CN(C(C)(C)C)C[C@@]2(F)C(=O)N2CCC(c3ccc(C(F)(F)F)cc3-c3cnn(CC(=O)O)c3)CC2)cc1. The van der Waals surface area contributed by atoms with Gasteiger partial charge < -0.3 is 14.7 Å². The van der Waals surface area contributed by atoms with Gasteiger partial charge in [0.15, 0.2) is 0 Å². The highest BCUT2D eigenvalue weighted by Gasteiger charge is 2.57. The summed E-state index contributed by atoms with van der Waals surface area (Å²) in [5, 5.41) is 13.1. The van der Waals surface area contributed by atoms with Crippen molar-refractivity contribution in [1.29, 1.82) is 0 Å². The number of piperidine rings is 1. The van der Waals surface area contributed by atoms with Crippen molar-refractivity contribution < 1.29 is 37.0 Å². The quantitative estimate of drug-likeness (QED) is 0.324. The third-order valence-corrected chi connectivity index (χ3v) is 9.04. The van der Waals surface area contributed by atoms with Crippen molar-refractivity contribution in [3.05, 3.63) is 71.5 Å². The first-order valence-electron chi connectivity index (χ1n) is 14.9. The second-order valence-electron chi connectivity index (χ2n) is 12.9. The van der Waals surface area contributed by atoms with Crippen LogP contribution in [0, 0.1) is 0 Å². The molecule has 2 saturated heterocycles. The minimum atomic E-state index is -4.57. The molecule has 2 aromatic carbocycles. The van der Waals surface area contributed by atoms with E-state index in [-0.39, 0.29) is 31.1 Å². The molecule has 2 aliphatic rings. The Labute approximate surface area is 259 Å². The summed E-state index contributed by atoms with van der Waals surface area (Å²) < 4.78 is 64.5. The molecule has 8 nitrogen and oxygen atoms in total. The molecule has 0 bridgehead atoms. The second kappa shape index (κ2) is 12.1. The number of methoxy groups -OCH3 is 1. The van der Waals surface area contributed by atoms with Crippen LogP contribution < -0.4 is 4.74 Å². The normalized spacial score (nSPS) is 21.7. The molecule has 0 aliphatic carbocycles. The molecule has 12 heteroatoms. The number of halogens is 4. The molecule has 0 unspecified atom stereocenters. The topological polar surface area (TPSA) is 87.9 Å². The van der Waals surface area contributed by atoms with E-state index in [1.165, 1.54) is 18.5 Å². The number of alkyl halides is 4. The summed E-state index contributed by atoms with van der Waals surface area (Å²) in [5.74, 6) is -1.94. The van der Waals surface area contributed by atoms with Crippen molar-refractivity contribution in [2.75, 3.05) is 33.3 Å². The van der Waals surface area contributed by atoms with Crippen LogP contribution in [0.3, 0.4) is 0 Å². The summed E-state index contributed by atoms with van der Waals surface area (Å²) in [6, 6.07) is 10.7. The molecule has 3 aromatic rings. The van der Waals surface area contributed by atoms with Gasteiger partial charge in [0, 0.05) is 49.4 Å². The molecule has 2 fully saturated rings. The molecular weight excluding hydrogens is 592 g/mol. The molecule has 2 atom stereocenters. The number of likely N-dealkylation sites (tertiary alicyclic amines) is 2. The standard InChI is InChI=1S/C33H38F4N4O4/c1-31(2,3)40-18-28(22-5-8-25(45-4)9-6-22)32(34,20-40)30(44)39-13-11-21(12-14-39)26-10-7-24(33(35,36)37)15-27(26)23-16-38-41(17-23)19-29(42)43/h5-10,15-17,21,28H,11-14,18-20H2,1-4H3,(H,42,43)/t28-,32-/m0/s1. The number of rotatable bonds is 7. The van der Waals surface area contributed by atoms with E-state index in [9.17, 15) is 22.8 Å². The first-order chi connectivity index (χ1) is 21.1.